The van der Waals surface area contributed by atoms with Gasteiger partial charge in [-0.3, -0.25) is 4.79 Å². The van der Waals surface area contributed by atoms with Gasteiger partial charge in [0.05, 0.1) is 11.4 Å². The first-order valence-electron chi connectivity index (χ1n) is 4.76. The van der Waals surface area contributed by atoms with E-state index in [0.717, 1.165) is 18.2 Å². The summed E-state index contributed by atoms with van der Waals surface area (Å²) < 4.78 is 30.8. The van der Waals surface area contributed by atoms with Crippen LogP contribution in [0, 0.1) is 18.6 Å². The number of hydrogen-bond acceptors (Lipinski definition) is 3. The fourth-order valence-electron chi connectivity index (χ4n) is 1.25. The van der Waals surface area contributed by atoms with Crippen molar-refractivity contribution in [2.75, 3.05) is 5.32 Å². The van der Waals surface area contributed by atoms with Gasteiger partial charge in [-0.25, -0.2) is 8.78 Å². The van der Waals surface area contributed by atoms with E-state index in [1.54, 1.807) is 6.92 Å². The van der Waals surface area contributed by atoms with E-state index in [-0.39, 0.29) is 11.4 Å². The summed E-state index contributed by atoms with van der Waals surface area (Å²) in [5.74, 6) is -2.12. The SMILES string of the molecule is Cc1cc(C(=O)Nc2cc(F)ccc2F)on1. The monoisotopic (exact) mass is 238 g/mol. The van der Waals surface area contributed by atoms with Crippen LogP contribution in [0.2, 0.25) is 0 Å². The molecule has 0 bridgehead atoms. The van der Waals surface area contributed by atoms with Crippen molar-refractivity contribution >= 4 is 11.6 Å². The van der Waals surface area contributed by atoms with Gasteiger partial charge in [-0.15, -0.1) is 0 Å². The summed E-state index contributed by atoms with van der Waals surface area (Å²) in [6.07, 6.45) is 0. The van der Waals surface area contributed by atoms with Crippen LogP contribution in [0.5, 0.6) is 0 Å². The van der Waals surface area contributed by atoms with Crippen LogP contribution in [0.1, 0.15) is 16.2 Å². The maximum Gasteiger partial charge on any atom is 0.294 e. The first-order valence-corrected chi connectivity index (χ1v) is 4.76. The lowest BCUT2D eigenvalue weighted by molar-refractivity contribution is 0.0987. The number of aromatic nitrogens is 1. The first kappa shape index (κ1) is 11.3. The molecule has 0 aliphatic rings. The van der Waals surface area contributed by atoms with Crippen LogP contribution in [0.4, 0.5) is 14.5 Å². The molecular weight excluding hydrogens is 230 g/mol. The van der Waals surface area contributed by atoms with Gasteiger partial charge in [0, 0.05) is 12.1 Å². The molecule has 0 aliphatic heterocycles. The minimum absolute atomic E-state index is 0.0637. The van der Waals surface area contributed by atoms with Crippen molar-refractivity contribution in [2.24, 2.45) is 0 Å². The Morgan fingerprint density at radius 1 is 1.35 bits per heavy atom. The van der Waals surface area contributed by atoms with E-state index >= 15 is 0 Å². The zero-order valence-corrected chi connectivity index (χ0v) is 8.83. The number of carbonyl (C=O) groups is 1. The number of hydrogen-bond donors (Lipinski definition) is 1. The molecule has 2 rings (SSSR count). The summed E-state index contributed by atoms with van der Waals surface area (Å²) in [6, 6.07) is 4.17. The summed E-state index contributed by atoms with van der Waals surface area (Å²) >= 11 is 0. The van der Waals surface area contributed by atoms with E-state index in [4.69, 9.17) is 4.52 Å². The molecule has 1 amide bonds. The van der Waals surface area contributed by atoms with Gasteiger partial charge in [-0.05, 0) is 19.1 Å². The highest BCUT2D eigenvalue weighted by atomic mass is 19.1. The lowest BCUT2D eigenvalue weighted by Crippen LogP contribution is -2.12. The Morgan fingerprint density at radius 2 is 2.12 bits per heavy atom. The first-order chi connectivity index (χ1) is 8.06. The molecular formula is C11H8F2N2O2. The van der Waals surface area contributed by atoms with Crippen LogP contribution >= 0.6 is 0 Å². The van der Waals surface area contributed by atoms with Gasteiger partial charge in [0.15, 0.2) is 0 Å². The molecule has 17 heavy (non-hydrogen) atoms. The number of nitrogens with one attached hydrogen (secondary N) is 1. The second-order valence-corrected chi connectivity index (χ2v) is 3.41. The molecule has 1 N–H and O–H groups in total. The lowest BCUT2D eigenvalue weighted by Gasteiger charge is -2.03. The van der Waals surface area contributed by atoms with Gasteiger partial charge in [0.2, 0.25) is 5.76 Å². The van der Waals surface area contributed by atoms with Crippen molar-refractivity contribution in [2.45, 2.75) is 6.92 Å². The van der Waals surface area contributed by atoms with Crippen LogP contribution in [0.15, 0.2) is 28.8 Å². The fourth-order valence-corrected chi connectivity index (χ4v) is 1.25. The molecule has 0 saturated heterocycles. The van der Waals surface area contributed by atoms with E-state index in [1.807, 2.05) is 0 Å². The minimum Gasteiger partial charge on any atom is -0.351 e. The van der Waals surface area contributed by atoms with Crippen LogP contribution in [-0.2, 0) is 0 Å². The van der Waals surface area contributed by atoms with E-state index in [2.05, 4.69) is 10.5 Å². The fraction of sp³-hybridized carbons (Fsp3) is 0.0909. The summed E-state index contributed by atoms with van der Waals surface area (Å²) in [4.78, 5) is 11.6. The van der Waals surface area contributed by atoms with Crippen molar-refractivity contribution in [1.82, 2.24) is 5.16 Å². The van der Waals surface area contributed by atoms with Crippen LogP contribution < -0.4 is 5.32 Å². The van der Waals surface area contributed by atoms with Crippen molar-refractivity contribution in [3.63, 3.8) is 0 Å². The van der Waals surface area contributed by atoms with Crippen LogP contribution in [0.3, 0.4) is 0 Å². The Bertz CT molecular complexity index is 566. The van der Waals surface area contributed by atoms with Gasteiger partial charge in [0.1, 0.15) is 11.6 Å². The highest BCUT2D eigenvalue weighted by Crippen LogP contribution is 2.16. The third kappa shape index (κ3) is 2.47. The van der Waals surface area contributed by atoms with Crippen molar-refractivity contribution < 1.29 is 18.1 Å². The number of nitrogens with zero attached hydrogens (tertiary/aromatic N) is 1. The molecule has 1 heterocycles. The zero-order chi connectivity index (χ0) is 12.4. The normalized spacial score (nSPS) is 10.3. The summed E-state index contributed by atoms with van der Waals surface area (Å²) in [5.41, 5.74) is 0.277. The van der Waals surface area contributed by atoms with Gasteiger partial charge in [0.25, 0.3) is 5.91 Å². The quantitative estimate of drug-likeness (QED) is 0.874. The van der Waals surface area contributed by atoms with E-state index in [0.29, 0.717) is 5.69 Å². The van der Waals surface area contributed by atoms with Gasteiger partial charge >= 0.3 is 0 Å². The second kappa shape index (κ2) is 4.32. The second-order valence-electron chi connectivity index (χ2n) is 3.41. The number of amides is 1. The molecule has 6 heteroatoms. The largest absolute Gasteiger partial charge is 0.351 e. The topological polar surface area (TPSA) is 55.1 Å². The lowest BCUT2D eigenvalue weighted by atomic mass is 10.3. The highest BCUT2D eigenvalue weighted by molar-refractivity contribution is 6.02. The molecule has 0 unspecified atom stereocenters. The number of halogens is 2. The molecule has 0 fully saturated rings. The van der Waals surface area contributed by atoms with Gasteiger partial charge < -0.3 is 9.84 Å². The van der Waals surface area contributed by atoms with E-state index in [1.165, 1.54) is 6.07 Å². The zero-order valence-electron chi connectivity index (χ0n) is 8.83. The molecule has 4 nitrogen and oxygen atoms in total. The smallest absolute Gasteiger partial charge is 0.294 e. The third-order valence-corrected chi connectivity index (χ3v) is 2.03. The highest BCUT2D eigenvalue weighted by Gasteiger charge is 2.14. The average Bonchev–Trinajstić information content (AvgIpc) is 2.70. The summed E-state index contributed by atoms with van der Waals surface area (Å²) in [5, 5.41) is 5.71. The maximum absolute atomic E-state index is 13.2. The Labute approximate surface area is 95.2 Å². The van der Waals surface area contributed by atoms with Crippen molar-refractivity contribution in [3.8, 4) is 0 Å². The van der Waals surface area contributed by atoms with Crippen LogP contribution in [0.25, 0.3) is 0 Å². The molecule has 88 valence electrons. The molecule has 1 aromatic heterocycles. The predicted molar refractivity (Wildman–Crippen MR) is 55.6 cm³/mol. The molecule has 1 aromatic carbocycles. The number of rotatable bonds is 2. The van der Waals surface area contributed by atoms with E-state index < -0.39 is 17.5 Å². The standard InChI is InChI=1S/C11H8F2N2O2/c1-6-4-10(17-15-6)11(16)14-9-5-7(12)2-3-8(9)13/h2-5H,1H3,(H,14,16). The molecule has 0 saturated carbocycles. The average molecular weight is 238 g/mol. The number of anilines is 1. The van der Waals surface area contributed by atoms with E-state index in [9.17, 15) is 13.6 Å². The van der Waals surface area contributed by atoms with Crippen molar-refractivity contribution in [3.05, 3.63) is 47.4 Å². The summed E-state index contributed by atoms with van der Waals surface area (Å²) in [7, 11) is 0. The maximum atomic E-state index is 13.2. The number of aryl methyl sites for hydroxylation is 1. The molecule has 0 atom stereocenters. The van der Waals surface area contributed by atoms with Gasteiger partial charge in [-0.2, -0.15) is 0 Å². The Hall–Kier alpha value is -2.24. The Kier molecular flexibility index (Phi) is 2.86. The van der Waals surface area contributed by atoms with Gasteiger partial charge in [-0.1, -0.05) is 5.16 Å². The Balaban J connectivity index is 2.21. The van der Waals surface area contributed by atoms with Crippen molar-refractivity contribution in [1.29, 1.82) is 0 Å². The predicted octanol–water partition coefficient (Wildman–Crippen LogP) is 2.51. The molecule has 0 spiro atoms. The summed E-state index contributed by atoms with van der Waals surface area (Å²) in [6.45, 7) is 1.64. The number of carbonyl (C=O) groups excluding carboxylic acids is 1. The number of benzene rings is 1. The molecule has 0 aliphatic carbocycles. The molecule has 0 radical (unpaired) electrons. The van der Waals surface area contributed by atoms with Crippen LogP contribution in [-0.4, -0.2) is 11.1 Å². The minimum atomic E-state index is -0.726. The third-order valence-electron chi connectivity index (χ3n) is 2.03. The Morgan fingerprint density at radius 3 is 2.76 bits per heavy atom. The molecule has 2 aromatic rings.